The second-order valence-corrected chi connectivity index (χ2v) is 2.48. The van der Waals surface area contributed by atoms with Crippen molar-refractivity contribution in [3.8, 4) is 0 Å². The third-order valence-corrected chi connectivity index (χ3v) is 1.43. The van der Waals surface area contributed by atoms with Gasteiger partial charge in [-0.05, 0) is 6.92 Å². The van der Waals surface area contributed by atoms with E-state index in [4.69, 9.17) is 0 Å². The lowest BCUT2D eigenvalue weighted by molar-refractivity contribution is -0.518. The van der Waals surface area contributed by atoms with Gasteiger partial charge in [-0.1, -0.05) is 0 Å². The summed E-state index contributed by atoms with van der Waals surface area (Å²) in [5.74, 6) is -0.369. The number of hydrogen-bond acceptors (Lipinski definition) is 4. The summed E-state index contributed by atoms with van der Waals surface area (Å²) in [7, 11) is 0. The van der Waals surface area contributed by atoms with Gasteiger partial charge in [-0.25, -0.2) is 0 Å². The lowest BCUT2D eigenvalue weighted by atomic mass is 10.2. The number of rotatable bonds is 5. The van der Waals surface area contributed by atoms with Crippen LogP contribution in [-0.2, 0) is 9.53 Å². The minimum Gasteiger partial charge on any atom is -0.466 e. The Morgan fingerprint density at radius 3 is 2.67 bits per heavy atom. The minimum atomic E-state index is -0.672. The van der Waals surface area contributed by atoms with E-state index in [0.717, 1.165) is 0 Å². The van der Waals surface area contributed by atoms with Crippen LogP contribution in [0.15, 0.2) is 0 Å². The molecule has 0 aromatic rings. The van der Waals surface area contributed by atoms with Gasteiger partial charge in [-0.2, -0.15) is 0 Å². The monoisotopic (exact) mass is 175 g/mol. The molecule has 0 N–H and O–H groups in total. The summed E-state index contributed by atoms with van der Waals surface area (Å²) in [6.07, 6.45) is 0.363. The van der Waals surface area contributed by atoms with Gasteiger partial charge in [0, 0.05) is 18.3 Å². The first-order valence-electron chi connectivity index (χ1n) is 3.87. The molecule has 0 fully saturated rings. The van der Waals surface area contributed by atoms with Gasteiger partial charge in [0.2, 0.25) is 6.04 Å². The Morgan fingerprint density at radius 2 is 2.25 bits per heavy atom. The Morgan fingerprint density at radius 1 is 1.67 bits per heavy atom. The van der Waals surface area contributed by atoms with Gasteiger partial charge in [0.1, 0.15) is 0 Å². The van der Waals surface area contributed by atoms with Crippen LogP contribution < -0.4 is 0 Å². The fraction of sp³-hybridized carbons (Fsp3) is 0.857. The maximum atomic E-state index is 10.7. The van der Waals surface area contributed by atoms with E-state index < -0.39 is 11.0 Å². The van der Waals surface area contributed by atoms with Gasteiger partial charge in [0.05, 0.1) is 13.0 Å². The molecular formula is C7H13NO4. The lowest BCUT2D eigenvalue weighted by Crippen LogP contribution is -2.17. The van der Waals surface area contributed by atoms with E-state index in [-0.39, 0.29) is 18.8 Å². The Kier molecular flexibility index (Phi) is 4.99. The molecule has 0 radical (unpaired) electrons. The molecule has 12 heavy (non-hydrogen) atoms. The van der Waals surface area contributed by atoms with Crippen molar-refractivity contribution in [3.05, 3.63) is 10.1 Å². The number of carbonyl (C=O) groups excluding carboxylic acids is 1. The molecule has 0 unspecified atom stereocenters. The van der Waals surface area contributed by atoms with E-state index in [1.54, 1.807) is 6.92 Å². The summed E-state index contributed by atoms with van der Waals surface area (Å²) in [6.45, 7) is 3.50. The maximum Gasteiger partial charge on any atom is 0.306 e. The van der Waals surface area contributed by atoms with Gasteiger partial charge < -0.3 is 4.74 Å². The number of nitrogens with zero attached hydrogens (tertiary/aromatic N) is 1. The van der Waals surface area contributed by atoms with Gasteiger partial charge in [0.15, 0.2) is 0 Å². The van der Waals surface area contributed by atoms with Crippen molar-refractivity contribution in [1.29, 1.82) is 0 Å². The van der Waals surface area contributed by atoms with E-state index in [1.165, 1.54) is 6.92 Å². The Balaban J connectivity index is 3.54. The molecule has 0 aromatic heterocycles. The lowest BCUT2D eigenvalue weighted by Gasteiger charge is -2.02. The molecule has 0 heterocycles. The summed E-state index contributed by atoms with van der Waals surface area (Å²) < 4.78 is 4.61. The molecule has 1 atom stereocenters. The fourth-order valence-electron chi connectivity index (χ4n) is 0.665. The minimum absolute atomic E-state index is 0.121. The first-order valence-corrected chi connectivity index (χ1v) is 3.87. The molecule has 0 saturated carbocycles. The van der Waals surface area contributed by atoms with Crippen molar-refractivity contribution in [1.82, 2.24) is 0 Å². The van der Waals surface area contributed by atoms with Gasteiger partial charge in [0.25, 0.3) is 0 Å². The number of esters is 1. The molecule has 5 nitrogen and oxygen atoms in total. The van der Waals surface area contributed by atoms with Crippen LogP contribution in [-0.4, -0.2) is 23.5 Å². The SMILES string of the molecule is CCOC(=O)CC[C@H](C)[N+](=O)[O-]. The Labute approximate surface area is 70.9 Å². The van der Waals surface area contributed by atoms with Gasteiger partial charge >= 0.3 is 5.97 Å². The van der Waals surface area contributed by atoms with Crippen molar-refractivity contribution >= 4 is 5.97 Å². The van der Waals surface area contributed by atoms with Crippen LogP contribution in [0.1, 0.15) is 26.7 Å². The van der Waals surface area contributed by atoms with E-state index >= 15 is 0 Å². The van der Waals surface area contributed by atoms with E-state index in [9.17, 15) is 14.9 Å². The maximum absolute atomic E-state index is 10.7. The second-order valence-electron chi connectivity index (χ2n) is 2.48. The highest BCUT2D eigenvalue weighted by molar-refractivity contribution is 5.69. The smallest absolute Gasteiger partial charge is 0.306 e. The molecule has 0 spiro atoms. The predicted octanol–water partition coefficient (Wildman–Crippen LogP) is 0.995. The number of ether oxygens (including phenoxy) is 1. The molecule has 0 aromatic carbocycles. The van der Waals surface area contributed by atoms with Gasteiger partial charge in [-0.3, -0.25) is 14.9 Å². The van der Waals surface area contributed by atoms with Crippen LogP contribution in [0.2, 0.25) is 0 Å². The largest absolute Gasteiger partial charge is 0.466 e. The standard InChI is InChI=1S/C7H13NO4/c1-3-12-7(9)5-4-6(2)8(10)11/h6H,3-5H2,1-2H3/t6-/m0/s1. The average Bonchev–Trinajstić information content (AvgIpc) is 2.00. The summed E-state index contributed by atoms with van der Waals surface area (Å²) in [5, 5.41) is 10.1. The molecule has 70 valence electrons. The van der Waals surface area contributed by atoms with Crippen molar-refractivity contribution in [2.24, 2.45) is 0 Å². The normalized spacial score (nSPS) is 12.2. The fourth-order valence-corrected chi connectivity index (χ4v) is 0.665. The molecule has 0 aliphatic heterocycles. The van der Waals surface area contributed by atoms with Crippen LogP contribution in [0, 0.1) is 10.1 Å². The summed E-state index contributed by atoms with van der Waals surface area (Å²) in [5.41, 5.74) is 0. The van der Waals surface area contributed by atoms with Crippen LogP contribution in [0.3, 0.4) is 0 Å². The zero-order valence-electron chi connectivity index (χ0n) is 7.28. The van der Waals surface area contributed by atoms with Gasteiger partial charge in [-0.15, -0.1) is 0 Å². The Bertz CT molecular complexity index is 169. The summed E-state index contributed by atoms with van der Waals surface area (Å²) >= 11 is 0. The van der Waals surface area contributed by atoms with Crippen LogP contribution in [0.5, 0.6) is 0 Å². The van der Waals surface area contributed by atoms with Crippen molar-refractivity contribution in [2.75, 3.05) is 6.61 Å². The molecular weight excluding hydrogens is 162 g/mol. The third kappa shape index (κ3) is 4.65. The molecule has 0 aliphatic carbocycles. The number of nitro groups is 1. The molecule has 0 bridgehead atoms. The van der Waals surface area contributed by atoms with Crippen LogP contribution in [0.4, 0.5) is 0 Å². The molecule has 0 amide bonds. The van der Waals surface area contributed by atoms with E-state index in [0.29, 0.717) is 6.61 Å². The molecule has 0 saturated heterocycles. The highest BCUT2D eigenvalue weighted by Gasteiger charge is 2.14. The topological polar surface area (TPSA) is 69.4 Å². The first kappa shape index (κ1) is 10.9. The average molecular weight is 175 g/mol. The second kappa shape index (κ2) is 5.51. The Hall–Kier alpha value is -1.13. The predicted molar refractivity (Wildman–Crippen MR) is 42.3 cm³/mol. The number of hydrogen-bond donors (Lipinski definition) is 0. The highest BCUT2D eigenvalue weighted by Crippen LogP contribution is 2.01. The summed E-state index contributed by atoms with van der Waals surface area (Å²) in [6, 6.07) is -0.672. The molecule has 5 heteroatoms. The van der Waals surface area contributed by atoms with Crippen molar-refractivity contribution in [3.63, 3.8) is 0 Å². The van der Waals surface area contributed by atoms with Crippen LogP contribution >= 0.6 is 0 Å². The van der Waals surface area contributed by atoms with Crippen LogP contribution in [0.25, 0.3) is 0 Å². The van der Waals surface area contributed by atoms with Crippen molar-refractivity contribution < 1.29 is 14.5 Å². The molecule has 0 aliphatic rings. The summed E-state index contributed by atoms with van der Waals surface area (Å²) in [4.78, 5) is 20.4. The first-order chi connectivity index (χ1) is 5.57. The highest BCUT2D eigenvalue weighted by atomic mass is 16.6. The zero-order valence-corrected chi connectivity index (χ0v) is 7.28. The van der Waals surface area contributed by atoms with Crippen molar-refractivity contribution in [2.45, 2.75) is 32.7 Å². The van der Waals surface area contributed by atoms with E-state index in [2.05, 4.69) is 4.74 Å². The third-order valence-electron chi connectivity index (χ3n) is 1.43. The van der Waals surface area contributed by atoms with E-state index in [1.807, 2.05) is 0 Å². The molecule has 0 rings (SSSR count). The number of carbonyl (C=O) groups is 1. The zero-order chi connectivity index (χ0) is 9.56. The quantitative estimate of drug-likeness (QED) is 0.355.